The highest BCUT2D eigenvalue weighted by Crippen LogP contribution is 2.24. The third-order valence-corrected chi connectivity index (χ3v) is 3.02. The molecule has 0 aliphatic carbocycles. The topological polar surface area (TPSA) is 30.5 Å². The summed E-state index contributed by atoms with van der Waals surface area (Å²) in [7, 11) is 0. The van der Waals surface area contributed by atoms with E-state index in [4.69, 9.17) is 9.57 Å². The molecule has 0 aromatic heterocycles. The van der Waals surface area contributed by atoms with Crippen molar-refractivity contribution in [2.75, 3.05) is 6.61 Å². The second-order valence-corrected chi connectivity index (χ2v) is 4.46. The SMILES string of the molecule is CCONC(=CBr)c1cccc(Oc2ccccc2)c1. The maximum absolute atomic E-state index is 5.81. The number of hydrogen-bond donors (Lipinski definition) is 1. The molecule has 2 rings (SSSR count). The van der Waals surface area contributed by atoms with Crippen molar-refractivity contribution in [3.8, 4) is 11.5 Å². The fraction of sp³-hybridized carbons (Fsp3) is 0.125. The van der Waals surface area contributed by atoms with E-state index in [0.717, 1.165) is 22.8 Å². The minimum atomic E-state index is 0.588. The third kappa shape index (κ3) is 4.11. The van der Waals surface area contributed by atoms with Crippen LogP contribution in [0.15, 0.2) is 59.6 Å². The lowest BCUT2D eigenvalue weighted by atomic mass is 10.2. The summed E-state index contributed by atoms with van der Waals surface area (Å²) in [5.74, 6) is 1.59. The molecule has 4 heteroatoms. The molecule has 0 radical (unpaired) electrons. The molecule has 0 saturated carbocycles. The Bertz CT molecular complexity index is 570. The summed E-state index contributed by atoms with van der Waals surface area (Å²) in [5, 5.41) is 0. The van der Waals surface area contributed by atoms with Gasteiger partial charge in [0.1, 0.15) is 11.5 Å². The van der Waals surface area contributed by atoms with Gasteiger partial charge in [-0.3, -0.25) is 10.3 Å². The predicted molar refractivity (Wildman–Crippen MR) is 84.6 cm³/mol. The molecule has 2 aromatic rings. The normalized spacial score (nSPS) is 11.2. The molecule has 0 saturated heterocycles. The molecule has 0 aliphatic rings. The smallest absolute Gasteiger partial charge is 0.128 e. The van der Waals surface area contributed by atoms with Crippen LogP contribution in [0.3, 0.4) is 0 Å². The Kier molecular flexibility index (Phi) is 5.65. The van der Waals surface area contributed by atoms with Gasteiger partial charge in [-0.25, -0.2) is 0 Å². The first-order valence-corrected chi connectivity index (χ1v) is 7.26. The highest BCUT2D eigenvalue weighted by Gasteiger charge is 2.03. The molecule has 0 spiro atoms. The minimum Gasteiger partial charge on any atom is -0.457 e. The van der Waals surface area contributed by atoms with Crippen molar-refractivity contribution < 1.29 is 9.57 Å². The van der Waals surface area contributed by atoms with E-state index in [1.807, 2.05) is 61.5 Å². The largest absolute Gasteiger partial charge is 0.457 e. The fourth-order valence-corrected chi connectivity index (χ4v) is 2.00. The summed E-state index contributed by atoms with van der Waals surface area (Å²) in [6, 6.07) is 17.5. The van der Waals surface area contributed by atoms with Gasteiger partial charge in [-0.05, 0) is 31.2 Å². The van der Waals surface area contributed by atoms with Crippen LogP contribution in [-0.4, -0.2) is 6.61 Å². The van der Waals surface area contributed by atoms with Gasteiger partial charge in [-0.2, -0.15) is 0 Å². The van der Waals surface area contributed by atoms with Crippen molar-refractivity contribution in [1.29, 1.82) is 0 Å². The molecule has 0 fully saturated rings. The molecule has 0 heterocycles. The molecule has 20 heavy (non-hydrogen) atoms. The monoisotopic (exact) mass is 333 g/mol. The van der Waals surface area contributed by atoms with E-state index < -0.39 is 0 Å². The number of hydrogen-bond acceptors (Lipinski definition) is 3. The van der Waals surface area contributed by atoms with Crippen LogP contribution in [0.25, 0.3) is 5.70 Å². The Morgan fingerprint density at radius 1 is 1.10 bits per heavy atom. The first kappa shape index (κ1) is 14.6. The van der Waals surface area contributed by atoms with Crippen molar-refractivity contribution in [3.63, 3.8) is 0 Å². The Morgan fingerprint density at radius 2 is 1.85 bits per heavy atom. The van der Waals surface area contributed by atoms with Gasteiger partial charge < -0.3 is 4.74 Å². The molecule has 1 N–H and O–H groups in total. The third-order valence-electron chi connectivity index (χ3n) is 2.56. The molecule has 0 atom stereocenters. The summed E-state index contributed by atoms with van der Waals surface area (Å²) < 4.78 is 5.81. The molecule has 2 aromatic carbocycles. The molecule has 3 nitrogen and oxygen atoms in total. The molecular formula is C16H16BrNO2. The maximum Gasteiger partial charge on any atom is 0.128 e. The van der Waals surface area contributed by atoms with Gasteiger partial charge in [0.2, 0.25) is 0 Å². The van der Waals surface area contributed by atoms with Gasteiger partial charge in [0.25, 0.3) is 0 Å². The summed E-state index contributed by atoms with van der Waals surface area (Å²) in [6.45, 7) is 2.51. The van der Waals surface area contributed by atoms with Gasteiger partial charge >= 0.3 is 0 Å². The molecule has 0 bridgehead atoms. The highest BCUT2D eigenvalue weighted by molar-refractivity contribution is 9.11. The van der Waals surface area contributed by atoms with Gasteiger partial charge in [-0.15, -0.1) is 0 Å². The van der Waals surface area contributed by atoms with Crippen LogP contribution < -0.4 is 10.2 Å². The summed E-state index contributed by atoms with van der Waals surface area (Å²) in [6.07, 6.45) is 0. The number of para-hydroxylation sites is 1. The second kappa shape index (κ2) is 7.72. The maximum atomic E-state index is 5.81. The zero-order valence-electron chi connectivity index (χ0n) is 11.2. The van der Waals surface area contributed by atoms with Crippen molar-refractivity contribution in [2.45, 2.75) is 6.92 Å². The van der Waals surface area contributed by atoms with E-state index in [-0.39, 0.29) is 0 Å². The van der Waals surface area contributed by atoms with E-state index in [9.17, 15) is 0 Å². The average Bonchev–Trinajstić information content (AvgIpc) is 2.49. The first-order chi connectivity index (χ1) is 9.83. The Hall–Kier alpha value is -1.78. The summed E-state index contributed by atoms with van der Waals surface area (Å²) in [5.41, 5.74) is 4.70. The van der Waals surface area contributed by atoms with Crippen molar-refractivity contribution in [3.05, 3.63) is 65.1 Å². The number of benzene rings is 2. The van der Waals surface area contributed by atoms with E-state index in [1.54, 1.807) is 4.99 Å². The minimum absolute atomic E-state index is 0.588. The van der Waals surface area contributed by atoms with Gasteiger partial charge in [-0.1, -0.05) is 46.3 Å². The van der Waals surface area contributed by atoms with Crippen LogP contribution in [-0.2, 0) is 4.84 Å². The summed E-state index contributed by atoms with van der Waals surface area (Å²) >= 11 is 3.33. The molecule has 0 unspecified atom stereocenters. The number of ether oxygens (including phenoxy) is 1. The van der Waals surface area contributed by atoms with Crippen LogP contribution in [0, 0.1) is 0 Å². The van der Waals surface area contributed by atoms with E-state index >= 15 is 0 Å². The van der Waals surface area contributed by atoms with Crippen LogP contribution in [0.4, 0.5) is 0 Å². The molecule has 0 aliphatic heterocycles. The van der Waals surface area contributed by atoms with E-state index in [2.05, 4.69) is 21.4 Å². The van der Waals surface area contributed by atoms with Crippen LogP contribution in [0.1, 0.15) is 12.5 Å². The predicted octanol–water partition coefficient (Wildman–Crippen LogP) is 4.71. The fourth-order valence-electron chi connectivity index (χ4n) is 1.65. The average molecular weight is 334 g/mol. The Labute approximate surface area is 127 Å². The van der Waals surface area contributed by atoms with Crippen LogP contribution in [0.2, 0.25) is 0 Å². The van der Waals surface area contributed by atoms with Crippen molar-refractivity contribution in [2.24, 2.45) is 0 Å². The highest BCUT2D eigenvalue weighted by atomic mass is 79.9. The number of hydroxylamine groups is 1. The standard InChI is InChI=1S/C16H16BrNO2/c1-2-19-18-16(12-17)13-7-6-10-15(11-13)20-14-8-4-3-5-9-14/h3-12,18H,2H2,1H3. The Balaban J connectivity index is 2.15. The quantitative estimate of drug-likeness (QED) is 0.776. The second-order valence-electron chi connectivity index (χ2n) is 4.00. The number of halogens is 1. The first-order valence-electron chi connectivity index (χ1n) is 6.35. The van der Waals surface area contributed by atoms with Crippen LogP contribution >= 0.6 is 15.9 Å². The lowest BCUT2D eigenvalue weighted by molar-refractivity contribution is 0.0901. The van der Waals surface area contributed by atoms with Crippen molar-refractivity contribution in [1.82, 2.24) is 5.48 Å². The van der Waals surface area contributed by atoms with Gasteiger partial charge in [0.15, 0.2) is 0 Å². The van der Waals surface area contributed by atoms with Gasteiger partial charge in [0.05, 0.1) is 12.3 Å². The zero-order chi connectivity index (χ0) is 14.2. The Morgan fingerprint density at radius 3 is 2.55 bits per heavy atom. The molecular weight excluding hydrogens is 318 g/mol. The number of rotatable bonds is 6. The summed E-state index contributed by atoms with van der Waals surface area (Å²) in [4.78, 5) is 6.99. The molecule has 104 valence electrons. The zero-order valence-corrected chi connectivity index (χ0v) is 12.8. The molecule has 0 amide bonds. The lowest BCUT2D eigenvalue weighted by Gasteiger charge is -2.11. The number of nitrogens with one attached hydrogen (secondary N) is 1. The van der Waals surface area contributed by atoms with Crippen molar-refractivity contribution >= 4 is 21.6 Å². The van der Waals surface area contributed by atoms with E-state index in [1.165, 1.54) is 0 Å². The van der Waals surface area contributed by atoms with Gasteiger partial charge in [0, 0.05) is 10.5 Å². The lowest BCUT2D eigenvalue weighted by Crippen LogP contribution is -2.12. The van der Waals surface area contributed by atoms with Crippen LogP contribution in [0.5, 0.6) is 11.5 Å². The van der Waals surface area contributed by atoms with E-state index in [0.29, 0.717) is 6.61 Å².